The summed E-state index contributed by atoms with van der Waals surface area (Å²) in [7, 11) is 1.32. The van der Waals surface area contributed by atoms with Crippen LogP contribution in [0.1, 0.15) is 6.42 Å². The zero-order chi connectivity index (χ0) is 10.4. The number of hydrogen-bond donors (Lipinski definition) is 1. The van der Waals surface area contributed by atoms with E-state index in [4.69, 9.17) is 4.74 Å². The van der Waals surface area contributed by atoms with Crippen molar-refractivity contribution >= 4 is 5.97 Å². The summed E-state index contributed by atoms with van der Waals surface area (Å²) in [4.78, 5) is 12.9. The lowest BCUT2D eigenvalue weighted by Crippen LogP contribution is -2.41. The summed E-state index contributed by atoms with van der Waals surface area (Å²) < 4.78 is 9.64. The number of hydrogen-bond acceptors (Lipinski definition) is 5. The molecule has 5 nitrogen and oxygen atoms in total. The van der Waals surface area contributed by atoms with Gasteiger partial charge in [-0.25, -0.2) is 0 Å². The van der Waals surface area contributed by atoms with Crippen molar-refractivity contribution in [3.8, 4) is 0 Å². The lowest BCUT2D eigenvalue weighted by molar-refractivity contribution is -0.143. The summed E-state index contributed by atoms with van der Waals surface area (Å²) >= 11 is 0. The van der Waals surface area contributed by atoms with Gasteiger partial charge in [0.05, 0.1) is 32.8 Å². The second-order valence-corrected chi connectivity index (χ2v) is 3.35. The molecule has 1 unspecified atom stereocenters. The lowest BCUT2D eigenvalue weighted by atomic mass is 10.2. The largest absolute Gasteiger partial charge is 0.469 e. The average Bonchev–Trinajstić information content (AvgIpc) is 2.19. The number of nitrogens with zero attached hydrogens (tertiary/aromatic N) is 1. The Morgan fingerprint density at radius 2 is 2.21 bits per heavy atom. The van der Waals surface area contributed by atoms with Gasteiger partial charge in [-0.05, 0) is 0 Å². The Bertz CT molecular complexity index is 180. The van der Waals surface area contributed by atoms with Crippen molar-refractivity contribution in [1.82, 2.24) is 4.90 Å². The van der Waals surface area contributed by atoms with E-state index in [1.165, 1.54) is 7.11 Å². The van der Waals surface area contributed by atoms with Crippen LogP contribution in [0.3, 0.4) is 0 Å². The molecule has 5 heteroatoms. The third kappa shape index (κ3) is 4.04. The number of carbonyl (C=O) groups is 1. The van der Waals surface area contributed by atoms with E-state index >= 15 is 0 Å². The highest BCUT2D eigenvalue weighted by Crippen LogP contribution is 2.01. The molecule has 0 aromatic heterocycles. The molecule has 0 aromatic carbocycles. The Morgan fingerprint density at radius 3 is 2.79 bits per heavy atom. The van der Waals surface area contributed by atoms with Gasteiger partial charge >= 0.3 is 5.97 Å². The molecule has 1 fully saturated rings. The molecule has 1 atom stereocenters. The first-order chi connectivity index (χ1) is 6.72. The molecule has 0 spiro atoms. The quantitative estimate of drug-likeness (QED) is 0.609. The van der Waals surface area contributed by atoms with Crippen molar-refractivity contribution in [2.24, 2.45) is 0 Å². The van der Waals surface area contributed by atoms with Crippen molar-refractivity contribution in [2.45, 2.75) is 12.5 Å². The number of morpholine rings is 1. The van der Waals surface area contributed by atoms with Crippen LogP contribution in [0.4, 0.5) is 0 Å². The van der Waals surface area contributed by atoms with Crippen LogP contribution in [-0.4, -0.2) is 62.0 Å². The van der Waals surface area contributed by atoms with Crippen molar-refractivity contribution in [3.05, 3.63) is 0 Å². The number of aliphatic hydroxyl groups excluding tert-OH is 1. The zero-order valence-corrected chi connectivity index (χ0v) is 8.44. The minimum absolute atomic E-state index is 0.0634. The standard InChI is InChI=1S/C9H17NO4/c1-13-9(12)6-8(11)7-10-2-4-14-5-3-10/h8,11H,2-7H2,1H3. The first kappa shape index (κ1) is 11.4. The fourth-order valence-electron chi connectivity index (χ4n) is 1.42. The molecule has 0 radical (unpaired) electrons. The first-order valence-electron chi connectivity index (χ1n) is 4.77. The first-order valence-corrected chi connectivity index (χ1v) is 4.77. The molecule has 1 rings (SSSR count). The van der Waals surface area contributed by atoms with E-state index in [0.29, 0.717) is 19.8 Å². The summed E-state index contributed by atoms with van der Waals surface area (Å²) in [5.41, 5.74) is 0. The number of methoxy groups -OCH3 is 1. The molecule has 0 aromatic rings. The topological polar surface area (TPSA) is 59.0 Å². The van der Waals surface area contributed by atoms with Crippen LogP contribution in [0.5, 0.6) is 0 Å². The molecule has 1 heterocycles. The van der Waals surface area contributed by atoms with Crippen molar-refractivity contribution in [3.63, 3.8) is 0 Å². The molecule has 82 valence electrons. The number of β-amino-alcohol motifs (C(OH)–C–C–N with tert-alkyl or cyclic N) is 1. The molecule has 0 aliphatic carbocycles. The van der Waals surface area contributed by atoms with Crippen LogP contribution in [0.15, 0.2) is 0 Å². The molecular weight excluding hydrogens is 186 g/mol. The molecule has 1 aliphatic heterocycles. The van der Waals surface area contributed by atoms with Crippen molar-refractivity contribution in [1.29, 1.82) is 0 Å². The molecule has 0 amide bonds. The Kier molecular flexibility index (Phi) is 4.86. The maximum atomic E-state index is 10.8. The predicted molar refractivity (Wildman–Crippen MR) is 49.9 cm³/mol. The smallest absolute Gasteiger partial charge is 0.308 e. The zero-order valence-electron chi connectivity index (χ0n) is 8.44. The minimum Gasteiger partial charge on any atom is -0.469 e. The molecule has 0 bridgehead atoms. The van der Waals surface area contributed by atoms with Gasteiger partial charge in [-0.2, -0.15) is 0 Å². The highest BCUT2D eigenvalue weighted by molar-refractivity contribution is 5.69. The highest BCUT2D eigenvalue weighted by Gasteiger charge is 2.17. The number of esters is 1. The van der Waals surface area contributed by atoms with E-state index in [0.717, 1.165) is 13.1 Å². The fraction of sp³-hybridized carbons (Fsp3) is 0.889. The van der Waals surface area contributed by atoms with Gasteiger partial charge in [0.1, 0.15) is 0 Å². The number of carbonyl (C=O) groups excluding carboxylic acids is 1. The average molecular weight is 203 g/mol. The molecule has 0 saturated carbocycles. The van der Waals surface area contributed by atoms with E-state index in [9.17, 15) is 9.90 Å². The Hall–Kier alpha value is -0.650. The number of rotatable bonds is 4. The second kappa shape index (κ2) is 5.95. The maximum absolute atomic E-state index is 10.8. The third-order valence-corrected chi connectivity index (χ3v) is 2.20. The Morgan fingerprint density at radius 1 is 1.57 bits per heavy atom. The van der Waals surface area contributed by atoms with Crippen LogP contribution in [0.25, 0.3) is 0 Å². The van der Waals surface area contributed by atoms with E-state index in [1.807, 2.05) is 0 Å². The second-order valence-electron chi connectivity index (χ2n) is 3.35. The van der Waals surface area contributed by atoms with Crippen LogP contribution in [0.2, 0.25) is 0 Å². The van der Waals surface area contributed by atoms with Gasteiger partial charge in [-0.1, -0.05) is 0 Å². The summed E-state index contributed by atoms with van der Waals surface area (Å²) in [5, 5.41) is 9.52. The SMILES string of the molecule is COC(=O)CC(O)CN1CCOCC1. The number of ether oxygens (including phenoxy) is 2. The van der Waals surface area contributed by atoms with E-state index < -0.39 is 6.10 Å². The van der Waals surface area contributed by atoms with Crippen LogP contribution in [0, 0.1) is 0 Å². The van der Waals surface area contributed by atoms with E-state index in [2.05, 4.69) is 9.64 Å². The Labute approximate surface area is 83.6 Å². The molecule has 1 N–H and O–H groups in total. The third-order valence-electron chi connectivity index (χ3n) is 2.20. The van der Waals surface area contributed by atoms with Gasteiger partial charge in [0, 0.05) is 19.6 Å². The molecule has 14 heavy (non-hydrogen) atoms. The van der Waals surface area contributed by atoms with Crippen LogP contribution < -0.4 is 0 Å². The number of aliphatic hydroxyl groups is 1. The normalized spacial score (nSPS) is 20.4. The van der Waals surface area contributed by atoms with Gasteiger partial charge in [-0.3, -0.25) is 9.69 Å². The fourth-order valence-corrected chi connectivity index (χ4v) is 1.42. The van der Waals surface area contributed by atoms with Gasteiger partial charge in [-0.15, -0.1) is 0 Å². The van der Waals surface area contributed by atoms with Crippen molar-refractivity contribution < 1.29 is 19.4 Å². The molecular formula is C9H17NO4. The van der Waals surface area contributed by atoms with Gasteiger partial charge < -0.3 is 14.6 Å². The van der Waals surface area contributed by atoms with E-state index in [-0.39, 0.29) is 12.4 Å². The summed E-state index contributed by atoms with van der Waals surface area (Å²) in [6, 6.07) is 0. The summed E-state index contributed by atoms with van der Waals surface area (Å²) in [5.74, 6) is -0.370. The maximum Gasteiger partial charge on any atom is 0.308 e. The van der Waals surface area contributed by atoms with Crippen molar-refractivity contribution in [2.75, 3.05) is 40.0 Å². The highest BCUT2D eigenvalue weighted by atomic mass is 16.5. The van der Waals surface area contributed by atoms with Gasteiger partial charge in [0.2, 0.25) is 0 Å². The van der Waals surface area contributed by atoms with E-state index in [1.54, 1.807) is 0 Å². The Balaban J connectivity index is 2.18. The lowest BCUT2D eigenvalue weighted by Gasteiger charge is -2.28. The van der Waals surface area contributed by atoms with Crippen LogP contribution in [-0.2, 0) is 14.3 Å². The molecule has 1 saturated heterocycles. The minimum atomic E-state index is -0.638. The summed E-state index contributed by atoms with van der Waals surface area (Å²) in [6.45, 7) is 3.55. The molecule has 1 aliphatic rings. The predicted octanol–water partition coefficient (Wildman–Crippen LogP) is -0.757. The monoisotopic (exact) mass is 203 g/mol. The summed E-state index contributed by atoms with van der Waals surface area (Å²) in [6.07, 6.45) is -0.575. The van der Waals surface area contributed by atoms with Gasteiger partial charge in [0.15, 0.2) is 0 Å². The van der Waals surface area contributed by atoms with Gasteiger partial charge in [0.25, 0.3) is 0 Å². The van der Waals surface area contributed by atoms with Crippen LogP contribution >= 0.6 is 0 Å².